The summed E-state index contributed by atoms with van der Waals surface area (Å²) in [6.45, 7) is 9.60. The third kappa shape index (κ3) is 4.05. The first kappa shape index (κ1) is 21.2. The maximum atomic E-state index is 12.8. The fourth-order valence-electron chi connectivity index (χ4n) is 5.40. The van der Waals surface area contributed by atoms with E-state index in [1.165, 1.54) is 18.4 Å². The van der Waals surface area contributed by atoms with Crippen molar-refractivity contribution in [3.05, 3.63) is 41.8 Å². The third-order valence-electron chi connectivity index (χ3n) is 7.38. The van der Waals surface area contributed by atoms with Crippen LogP contribution in [0.2, 0.25) is 0 Å². The monoisotopic (exact) mass is 429 g/mol. The van der Waals surface area contributed by atoms with E-state index in [4.69, 9.17) is 4.98 Å². The Balaban J connectivity index is 1.35. The zero-order valence-electron chi connectivity index (χ0n) is 19.0. The number of hydrogen-bond acceptors (Lipinski definition) is 4. The molecule has 1 saturated heterocycles. The van der Waals surface area contributed by atoms with E-state index in [0.717, 1.165) is 67.8 Å². The molecule has 2 fully saturated rings. The summed E-state index contributed by atoms with van der Waals surface area (Å²) in [6.07, 6.45) is 15.8. The predicted octanol–water partition coefficient (Wildman–Crippen LogP) is 3.07. The van der Waals surface area contributed by atoms with Crippen LogP contribution in [0.3, 0.4) is 0 Å². The molecule has 2 aromatic heterocycles. The molecule has 0 spiro atoms. The molecular formula is C25H32BN5O. The van der Waals surface area contributed by atoms with Crippen LogP contribution in [0.5, 0.6) is 0 Å². The summed E-state index contributed by atoms with van der Waals surface area (Å²) < 4.78 is 1.90. The zero-order chi connectivity index (χ0) is 22.1. The van der Waals surface area contributed by atoms with E-state index >= 15 is 0 Å². The van der Waals surface area contributed by atoms with Crippen molar-refractivity contribution < 1.29 is 4.79 Å². The SMILES string of the molecule is C=Bc1cnn2c(NC3CCN(C(=O)C4CCCC4)CC3)cc(C3CC=CC=C3C)nc12. The normalized spacial score (nSPS) is 22.2. The summed E-state index contributed by atoms with van der Waals surface area (Å²) in [7, 11) is 0. The second kappa shape index (κ2) is 9.04. The molecule has 1 amide bonds. The second-order valence-electron chi connectivity index (χ2n) is 9.46. The van der Waals surface area contributed by atoms with E-state index in [0.29, 0.717) is 11.9 Å². The van der Waals surface area contributed by atoms with E-state index in [1.807, 2.05) is 17.6 Å². The molecule has 1 saturated carbocycles. The maximum absolute atomic E-state index is 12.8. The standard InChI is InChI=1S/C25H32BN5O/c1-17-7-3-6-10-20(17)22-15-23(31-24(29-22)21(26-2)16-27-31)28-19-11-13-30(14-12-19)25(32)18-8-4-5-9-18/h3,6-7,15-16,18-20,28H,2,4-5,8-14H2,1H3. The summed E-state index contributed by atoms with van der Waals surface area (Å²) in [5.41, 5.74) is 4.18. The molecule has 3 heterocycles. The van der Waals surface area contributed by atoms with Gasteiger partial charge in [-0.15, -0.1) is 0 Å². The van der Waals surface area contributed by atoms with Crippen LogP contribution in [0.25, 0.3) is 5.65 Å². The van der Waals surface area contributed by atoms with Crippen LogP contribution >= 0.6 is 0 Å². The van der Waals surface area contributed by atoms with Crippen LogP contribution < -0.4 is 10.8 Å². The molecule has 2 aromatic rings. The molecule has 166 valence electrons. The summed E-state index contributed by atoms with van der Waals surface area (Å²) in [4.78, 5) is 19.9. The van der Waals surface area contributed by atoms with E-state index < -0.39 is 0 Å². The first-order valence-corrected chi connectivity index (χ1v) is 12.0. The van der Waals surface area contributed by atoms with Gasteiger partial charge in [0.1, 0.15) is 0 Å². The number of carbonyl (C=O) groups excluding carboxylic acids is 1. The van der Waals surface area contributed by atoms with Gasteiger partial charge in [-0.2, -0.15) is 0 Å². The summed E-state index contributed by atoms with van der Waals surface area (Å²) in [6, 6.07) is 2.48. The molecule has 2 aliphatic carbocycles. The third-order valence-corrected chi connectivity index (χ3v) is 7.38. The van der Waals surface area contributed by atoms with Crippen molar-refractivity contribution in [1.82, 2.24) is 19.5 Å². The number of likely N-dealkylation sites (tertiary alicyclic amines) is 1. The average Bonchev–Trinajstić information content (AvgIpc) is 3.49. The first-order chi connectivity index (χ1) is 15.6. The molecule has 3 aliphatic rings. The van der Waals surface area contributed by atoms with Gasteiger partial charge < -0.3 is 0 Å². The van der Waals surface area contributed by atoms with Crippen molar-refractivity contribution >= 4 is 36.2 Å². The van der Waals surface area contributed by atoms with Crippen LogP contribution in [0, 0.1) is 5.92 Å². The van der Waals surface area contributed by atoms with E-state index in [-0.39, 0.29) is 11.8 Å². The van der Waals surface area contributed by atoms with E-state index in [2.05, 4.69) is 53.0 Å². The quantitative estimate of drug-likeness (QED) is 0.743. The molecule has 1 atom stereocenters. The van der Waals surface area contributed by atoms with Gasteiger partial charge in [-0.25, -0.2) is 0 Å². The van der Waals surface area contributed by atoms with Gasteiger partial charge in [0.25, 0.3) is 0 Å². The number of anilines is 1. The van der Waals surface area contributed by atoms with Gasteiger partial charge in [0.2, 0.25) is 0 Å². The number of amides is 1. The number of aromatic nitrogens is 3. The van der Waals surface area contributed by atoms with Gasteiger partial charge in [-0.3, -0.25) is 0 Å². The topological polar surface area (TPSA) is 62.5 Å². The number of fused-ring (bicyclic) bond motifs is 1. The molecule has 0 bridgehead atoms. The number of rotatable bonds is 5. The van der Waals surface area contributed by atoms with Gasteiger partial charge >= 0.3 is 178 Å². The van der Waals surface area contributed by atoms with Crippen molar-refractivity contribution in [2.45, 2.75) is 63.8 Å². The van der Waals surface area contributed by atoms with Crippen LogP contribution in [0.1, 0.15) is 63.5 Å². The number of nitrogens with one attached hydrogen (secondary N) is 1. The molecular weight excluding hydrogens is 397 g/mol. The fourth-order valence-corrected chi connectivity index (χ4v) is 5.40. The van der Waals surface area contributed by atoms with Crippen LogP contribution in [-0.4, -0.2) is 57.9 Å². The minimum atomic E-state index is 0.268. The number of hydrogen-bond donors (Lipinski definition) is 1. The summed E-state index contributed by atoms with van der Waals surface area (Å²) >= 11 is 0. The molecule has 0 aromatic carbocycles. The molecule has 1 aliphatic heterocycles. The number of carbonyl (C=O) groups is 1. The van der Waals surface area contributed by atoms with Crippen molar-refractivity contribution in [2.24, 2.45) is 5.92 Å². The Morgan fingerprint density at radius 2 is 2.00 bits per heavy atom. The van der Waals surface area contributed by atoms with E-state index in [9.17, 15) is 4.79 Å². The van der Waals surface area contributed by atoms with Gasteiger partial charge in [0, 0.05) is 0 Å². The van der Waals surface area contributed by atoms with Gasteiger partial charge in [0.05, 0.1) is 0 Å². The van der Waals surface area contributed by atoms with Crippen molar-refractivity contribution in [2.75, 3.05) is 18.4 Å². The molecule has 1 unspecified atom stereocenters. The molecule has 32 heavy (non-hydrogen) atoms. The minimum absolute atomic E-state index is 0.268. The van der Waals surface area contributed by atoms with Crippen molar-refractivity contribution in [3.8, 4) is 0 Å². The molecule has 6 nitrogen and oxygen atoms in total. The summed E-state index contributed by atoms with van der Waals surface area (Å²) in [5.74, 6) is 1.90. The van der Waals surface area contributed by atoms with Crippen LogP contribution in [-0.2, 0) is 4.79 Å². The number of nitrogens with zero attached hydrogens (tertiary/aromatic N) is 4. The van der Waals surface area contributed by atoms with Crippen molar-refractivity contribution in [3.63, 3.8) is 0 Å². The first-order valence-electron chi connectivity index (χ1n) is 12.0. The van der Waals surface area contributed by atoms with Crippen LogP contribution in [0.15, 0.2) is 36.1 Å². The Kier molecular flexibility index (Phi) is 5.98. The Bertz CT molecular complexity index is 1070. The summed E-state index contributed by atoms with van der Waals surface area (Å²) in [5, 5.41) is 8.32. The Hall–Kier alpha value is -2.70. The zero-order valence-corrected chi connectivity index (χ0v) is 19.0. The molecule has 5 rings (SSSR count). The van der Waals surface area contributed by atoms with Crippen LogP contribution in [0.4, 0.5) is 5.82 Å². The van der Waals surface area contributed by atoms with Gasteiger partial charge in [-0.1, -0.05) is 12.8 Å². The van der Waals surface area contributed by atoms with Gasteiger partial charge in [-0.05, 0) is 0 Å². The Morgan fingerprint density at radius 3 is 2.72 bits per heavy atom. The molecule has 7 heteroatoms. The van der Waals surface area contributed by atoms with Gasteiger partial charge in [0.15, 0.2) is 0 Å². The average molecular weight is 429 g/mol. The van der Waals surface area contributed by atoms with Crippen molar-refractivity contribution in [1.29, 1.82) is 0 Å². The van der Waals surface area contributed by atoms with E-state index in [1.54, 1.807) is 0 Å². The number of piperidine rings is 1. The Morgan fingerprint density at radius 1 is 1.22 bits per heavy atom. The predicted molar refractivity (Wildman–Crippen MR) is 131 cm³/mol. The Labute approximate surface area is 190 Å². The molecule has 1 N–H and O–H groups in total. The number of allylic oxidation sites excluding steroid dienone is 4. The molecule has 0 radical (unpaired) electrons. The fraction of sp³-hybridized carbons (Fsp3) is 0.520. The second-order valence-corrected chi connectivity index (χ2v) is 9.46.